The van der Waals surface area contributed by atoms with Crippen molar-refractivity contribution in [2.24, 2.45) is 0 Å². The maximum Gasteiger partial charge on any atom is 0.329 e. The Hall–Kier alpha value is -1.95. The summed E-state index contributed by atoms with van der Waals surface area (Å²) in [6.07, 6.45) is 5.65. The quantitative estimate of drug-likeness (QED) is 0.638. The first-order chi connectivity index (χ1) is 10.1. The van der Waals surface area contributed by atoms with Crippen molar-refractivity contribution < 1.29 is 4.92 Å². The van der Waals surface area contributed by atoms with Gasteiger partial charge in [0.25, 0.3) is 0 Å². The van der Waals surface area contributed by atoms with Gasteiger partial charge in [-0.3, -0.25) is 10.1 Å². The minimum atomic E-state index is -0.435. The van der Waals surface area contributed by atoms with E-state index in [-0.39, 0.29) is 16.8 Å². The normalized spacial score (nSPS) is 15.5. The second kappa shape index (κ2) is 5.44. The van der Waals surface area contributed by atoms with Crippen LogP contribution in [0.5, 0.6) is 0 Å². The lowest BCUT2D eigenvalue weighted by atomic mass is 10.0. The van der Waals surface area contributed by atoms with Gasteiger partial charge in [-0.1, -0.05) is 24.4 Å². The van der Waals surface area contributed by atoms with Crippen LogP contribution in [-0.4, -0.2) is 19.7 Å². The number of hydrogen-bond donors (Lipinski definition) is 0. The molecule has 2 aromatic heterocycles. The molecule has 0 radical (unpaired) electrons. The Labute approximate surface area is 126 Å². The average molecular weight is 307 g/mol. The summed E-state index contributed by atoms with van der Waals surface area (Å²) in [6, 6.07) is 3.66. The third kappa shape index (κ3) is 2.51. The first-order valence-corrected chi connectivity index (χ1v) is 7.31. The van der Waals surface area contributed by atoms with Crippen LogP contribution >= 0.6 is 11.6 Å². The molecule has 0 saturated heterocycles. The van der Waals surface area contributed by atoms with E-state index in [0.29, 0.717) is 11.5 Å². The molecule has 1 aliphatic rings. The van der Waals surface area contributed by atoms with Crippen molar-refractivity contribution in [1.82, 2.24) is 14.8 Å². The molecular formula is C14H15ClN4O2. The van der Waals surface area contributed by atoms with E-state index in [1.54, 1.807) is 12.3 Å². The first kappa shape index (κ1) is 14.0. The molecule has 2 aromatic rings. The number of nitro groups is 1. The summed E-state index contributed by atoms with van der Waals surface area (Å²) in [4.78, 5) is 15.1. The van der Waals surface area contributed by atoms with Crippen molar-refractivity contribution in [3.63, 3.8) is 0 Å². The highest BCUT2D eigenvalue weighted by molar-refractivity contribution is 6.32. The molecule has 0 aromatic carbocycles. The Balaban J connectivity index is 2.14. The fourth-order valence-corrected chi connectivity index (χ4v) is 3.13. The molecule has 3 rings (SSSR count). The number of halogens is 1. The van der Waals surface area contributed by atoms with Gasteiger partial charge in [0.2, 0.25) is 5.15 Å². The fourth-order valence-electron chi connectivity index (χ4n) is 2.84. The Morgan fingerprint density at radius 3 is 2.76 bits per heavy atom. The monoisotopic (exact) mass is 306 g/mol. The minimum Gasteiger partial charge on any atom is -0.258 e. The predicted octanol–water partition coefficient (Wildman–Crippen LogP) is 3.79. The number of aryl methyl sites for hydroxylation is 1. The van der Waals surface area contributed by atoms with Gasteiger partial charge in [-0.2, -0.15) is 9.78 Å². The van der Waals surface area contributed by atoms with E-state index in [9.17, 15) is 10.1 Å². The molecule has 0 aliphatic heterocycles. The smallest absolute Gasteiger partial charge is 0.258 e. The molecule has 1 fully saturated rings. The molecule has 0 N–H and O–H groups in total. The number of hydrogen-bond acceptors (Lipinski definition) is 4. The van der Waals surface area contributed by atoms with Gasteiger partial charge >= 0.3 is 5.69 Å². The molecule has 21 heavy (non-hydrogen) atoms. The van der Waals surface area contributed by atoms with E-state index in [0.717, 1.165) is 31.2 Å². The molecule has 2 heterocycles. The molecule has 1 saturated carbocycles. The molecule has 7 heteroatoms. The third-order valence-corrected chi connectivity index (χ3v) is 4.21. The van der Waals surface area contributed by atoms with Crippen molar-refractivity contribution >= 4 is 17.3 Å². The van der Waals surface area contributed by atoms with Gasteiger partial charge in [0.15, 0.2) is 5.82 Å². The topological polar surface area (TPSA) is 73.8 Å². The van der Waals surface area contributed by atoms with Gasteiger partial charge in [-0.25, -0.2) is 4.98 Å². The molecule has 0 atom stereocenters. The Morgan fingerprint density at radius 1 is 1.43 bits per heavy atom. The van der Waals surface area contributed by atoms with Crippen LogP contribution in [-0.2, 0) is 0 Å². The van der Waals surface area contributed by atoms with E-state index in [1.807, 2.05) is 13.0 Å². The largest absolute Gasteiger partial charge is 0.329 e. The predicted molar refractivity (Wildman–Crippen MR) is 79.0 cm³/mol. The average Bonchev–Trinajstić information content (AvgIpc) is 3.05. The van der Waals surface area contributed by atoms with Crippen molar-refractivity contribution in [2.45, 2.75) is 38.5 Å². The summed E-state index contributed by atoms with van der Waals surface area (Å²) in [5, 5.41) is 15.8. The highest BCUT2D eigenvalue weighted by Gasteiger charge is 2.33. The highest BCUT2D eigenvalue weighted by Crippen LogP contribution is 2.41. The number of pyridine rings is 1. The molecule has 110 valence electrons. The second-order valence-corrected chi connectivity index (χ2v) is 5.72. The zero-order chi connectivity index (χ0) is 15.0. The minimum absolute atomic E-state index is 0.0278. The Kier molecular flexibility index (Phi) is 3.63. The molecular weight excluding hydrogens is 292 g/mol. The van der Waals surface area contributed by atoms with Crippen molar-refractivity contribution in [2.75, 3.05) is 0 Å². The number of rotatable bonds is 3. The van der Waals surface area contributed by atoms with E-state index in [2.05, 4.69) is 10.1 Å². The van der Waals surface area contributed by atoms with Gasteiger partial charge < -0.3 is 0 Å². The second-order valence-electron chi connectivity index (χ2n) is 5.37. The van der Waals surface area contributed by atoms with Crippen LogP contribution in [0, 0.1) is 17.0 Å². The lowest BCUT2D eigenvalue weighted by Gasteiger charge is -2.04. The van der Waals surface area contributed by atoms with Gasteiger partial charge in [0, 0.05) is 12.1 Å². The van der Waals surface area contributed by atoms with Crippen LogP contribution in [0.25, 0.3) is 5.82 Å². The van der Waals surface area contributed by atoms with E-state index < -0.39 is 4.92 Å². The molecule has 6 nitrogen and oxygen atoms in total. The van der Waals surface area contributed by atoms with Gasteiger partial charge in [-0.05, 0) is 37.5 Å². The van der Waals surface area contributed by atoms with Crippen LogP contribution in [0.3, 0.4) is 0 Å². The zero-order valence-electron chi connectivity index (χ0n) is 11.6. The Bertz CT molecular complexity index is 692. The first-order valence-electron chi connectivity index (χ1n) is 6.93. The van der Waals surface area contributed by atoms with Gasteiger partial charge in [-0.15, -0.1) is 0 Å². The molecule has 0 bridgehead atoms. The lowest BCUT2D eigenvalue weighted by molar-refractivity contribution is -0.385. The zero-order valence-corrected chi connectivity index (χ0v) is 12.4. The van der Waals surface area contributed by atoms with Gasteiger partial charge in [0.05, 0.1) is 4.92 Å². The van der Waals surface area contributed by atoms with Crippen molar-refractivity contribution in [1.29, 1.82) is 0 Å². The fraction of sp³-hybridized carbons (Fsp3) is 0.429. The highest BCUT2D eigenvalue weighted by atomic mass is 35.5. The van der Waals surface area contributed by atoms with E-state index >= 15 is 0 Å². The summed E-state index contributed by atoms with van der Waals surface area (Å²) < 4.78 is 1.38. The molecule has 1 aliphatic carbocycles. The van der Waals surface area contributed by atoms with Crippen LogP contribution < -0.4 is 0 Å². The number of aromatic nitrogens is 3. The molecule has 0 spiro atoms. The van der Waals surface area contributed by atoms with Crippen LogP contribution in [0.4, 0.5) is 5.69 Å². The third-order valence-electron chi connectivity index (χ3n) is 3.87. The van der Waals surface area contributed by atoms with Crippen molar-refractivity contribution in [3.05, 3.63) is 44.9 Å². The maximum absolute atomic E-state index is 11.4. The van der Waals surface area contributed by atoms with Crippen LogP contribution in [0.1, 0.15) is 42.9 Å². The van der Waals surface area contributed by atoms with Gasteiger partial charge in [0.1, 0.15) is 5.69 Å². The number of nitrogens with zero attached hydrogens (tertiary/aromatic N) is 4. The Morgan fingerprint density at radius 2 is 2.14 bits per heavy atom. The summed E-state index contributed by atoms with van der Waals surface area (Å²) in [6.45, 7) is 1.93. The summed E-state index contributed by atoms with van der Waals surface area (Å²) in [5.41, 5.74) is 1.41. The summed E-state index contributed by atoms with van der Waals surface area (Å²) in [7, 11) is 0. The van der Waals surface area contributed by atoms with Crippen LogP contribution in [0.15, 0.2) is 18.3 Å². The standard InChI is InChI=1S/C14H15ClN4O2/c1-9-6-7-16-11(8-9)18-14(15)13(19(20)21)12(17-18)10-4-2-3-5-10/h6-8,10H,2-5H2,1H3. The van der Waals surface area contributed by atoms with E-state index in [1.165, 1.54) is 4.68 Å². The summed E-state index contributed by atoms with van der Waals surface area (Å²) in [5.74, 6) is 0.626. The summed E-state index contributed by atoms with van der Waals surface area (Å²) >= 11 is 6.21. The maximum atomic E-state index is 11.4. The van der Waals surface area contributed by atoms with Crippen LogP contribution in [0.2, 0.25) is 5.15 Å². The lowest BCUT2D eigenvalue weighted by Crippen LogP contribution is -2.02. The molecule has 0 unspecified atom stereocenters. The van der Waals surface area contributed by atoms with E-state index in [4.69, 9.17) is 11.6 Å². The van der Waals surface area contributed by atoms with Crippen molar-refractivity contribution in [3.8, 4) is 5.82 Å². The molecule has 0 amide bonds. The SMILES string of the molecule is Cc1ccnc(-n2nc(C3CCCC3)c([N+](=O)[O-])c2Cl)c1.